The molecule has 2 amide bonds. The van der Waals surface area contributed by atoms with Crippen LogP contribution in [0.25, 0.3) is 0 Å². The SMILES string of the molecule is CC(=O)OC1CCN[C@H](c2ccc(O[C@@H]3O[C@@H](C)[C@H](O)[C@@H](O)[C@H]3O[C@@H]3O[C@H](COC(=O)c4ccccc4)[C@@H](O)[C@H](O)[C@H]3O)cc2)CC(=O)NCCCN(C(=O)C(C)C)C1. The van der Waals surface area contributed by atoms with Crippen LogP contribution < -0.4 is 15.4 Å². The van der Waals surface area contributed by atoms with Crippen LogP contribution in [0.15, 0.2) is 54.6 Å². The minimum Gasteiger partial charge on any atom is -0.462 e. The third-order valence-electron chi connectivity index (χ3n) is 10.4. The van der Waals surface area contributed by atoms with Gasteiger partial charge in [0, 0.05) is 38.4 Å². The lowest BCUT2D eigenvalue weighted by Crippen LogP contribution is -2.64. The van der Waals surface area contributed by atoms with Gasteiger partial charge in [0.15, 0.2) is 12.4 Å². The highest BCUT2D eigenvalue weighted by molar-refractivity contribution is 5.89. The zero-order valence-corrected chi connectivity index (χ0v) is 33.6. The summed E-state index contributed by atoms with van der Waals surface area (Å²) in [5, 5.41) is 60.2. The average molecular weight is 832 g/mol. The van der Waals surface area contributed by atoms with Gasteiger partial charge in [-0.15, -0.1) is 0 Å². The number of aliphatic hydroxyl groups is 5. The normalized spacial score (nSPS) is 32.4. The van der Waals surface area contributed by atoms with Gasteiger partial charge in [0.2, 0.25) is 18.1 Å². The summed E-state index contributed by atoms with van der Waals surface area (Å²) in [4.78, 5) is 52.1. The molecule has 1 unspecified atom stereocenters. The van der Waals surface area contributed by atoms with Crippen LogP contribution >= 0.6 is 0 Å². The van der Waals surface area contributed by atoms with Crippen LogP contribution in [0.5, 0.6) is 5.75 Å². The summed E-state index contributed by atoms with van der Waals surface area (Å²) in [6.45, 7) is 7.23. The summed E-state index contributed by atoms with van der Waals surface area (Å²) < 4.78 is 34.5. The largest absolute Gasteiger partial charge is 0.462 e. The number of aliphatic hydroxyl groups excluding tert-OH is 5. The Balaban J connectivity index is 1.27. The monoisotopic (exact) mass is 831 g/mol. The topological polar surface area (TPSA) is 252 Å². The first-order valence-corrected chi connectivity index (χ1v) is 19.9. The lowest BCUT2D eigenvalue weighted by molar-refractivity contribution is -0.355. The predicted molar refractivity (Wildman–Crippen MR) is 206 cm³/mol. The maximum absolute atomic E-state index is 13.0. The second kappa shape index (κ2) is 21.3. The van der Waals surface area contributed by atoms with E-state index < -0.39 is 92.1 Å². The molecule has 5 rings (SSSR count). The Kier molecular flexibility index (Phi) is 16.6. The van der Waals surface area contributed by atoms with Gasteiger partial charge in [0.1, 0.15) is 55.1 Å². The lowest BCUT2D eigenvalue weighted by atomic mass is 9.97. The lowest BCUT2D eigenvalue weighted by Gasteiger charge is -2.45. The average Bonchev–Trinajstić information content (AvgIpc) is 3.22. The second-order valence-corrected chi connectivity index (χ2v) is 15.3. The molecule has 0 saturated carbocycles. The van der Waals surface area contributed by atoms with Crippen molar-refractivity contribution in [1.82, 2.24) is 15.5 Å². The van der Waals surface area contributed by atoms with E-state index in [2.05, 4.69) is 10.6 Å². The van der Waals surface area contributed by atoms with E-state index in [1.54, 1.807) is 61.2 Å². The zero-order valence-electron chi connectivity index (χ0n) is 33.6. The van der Waals surface area contributed by atoms with E-state index in [0.29, 0.717) is 32.5 Å². The molecule has 3 saturated heterocycles. The van der Waals surface area contributed by atoms with Crippen LogP contribution in [-0.2, 0) is 38.1 Å². The summed E-state index contributed by atoms with van der Waals surface area (Å²) in [5.41, 5.74) is 0.959. The highest BCUT2D eigenvalue weighted by Crippen LogP contribution is 2.31. The van der Waals surface area contributed by atoms with Crippen molar-refractivity contribution in [3.8, 4) is 5.75 Å². The third kappa shape index (κ3) is 12.4. The molecule has 326 valence electrons. The van der Waals surface area contributed by atoms with Crippen molar-refractivity contribution >= 4 is 23.8 Å². The molecule has 0 aliphatic carbocycles. The molecule has 3 aliphatic heterocycles. The summed E-state index contributed by atoms with van der Waals surface area (Å²) in [7, 11) is 0. The van der Waals surface area contributed by atoms with Crippen molar-refractivity contribution in [2.75, 3.05) is 32.8 Å². The molecule has 2 aromatic rings. The highest BCUT2D eigenvalue weighted by atomic mass is 16.8. The van der Waals surface area contributed by atoms with Crippen molar-refractivity contribution in [2.45, 2.75) is 121 Å². The van der Waals surface area contributed by atoms with E-state index in [1.165, 1.54) is 26.0 Å². The van der Waals surface area contributed by atoms with Gasteiger partial charge in [0.25, 0.3) is 0 Å². The number of nitrogens with zero attached hydrogens (tertiary/aromatic N) is 1. The molecule has 12 atom stereocenters. The molecule has 0 spiro atoms. The van der Waals surface area contributed by atoms with Crippen molar-refractivity contribution in [2.24, 2.45) is 5.92 Å². The number of amides is 2. The molecule has 18 nitrogen and oxygen atoms in total. The van der Waals surface area contributed by atoms with E-state index >= 15 is 0 Å². The number of nitrogens with one attached hydrogen (secondary N) is 2. The molecule has 7 N–H and O–H groups in total. The summed E-state index contributed by atoms with van der Waals surface area (Å²) in [6, 6.07) is 14.3. The van der Waals surface area contributed by atoms with Crippen molar-refractivity contribution in [1.29, 1.82) is 0 Å². The van der Waals surface area contributed by atoms with E-state index in [1.807, 2.05) is 0 Å². The van der Waals surface area contributed by atoms with E-state index in [-0.39, 0.29) is 42.0 Å². The maximum atomic E-state index is 13.0. The summed E-state index contributed by atoms with van der Waals surface area (Å²) in [6.07, 6.45) is -14.9. The first kappa shape index (κ1) is 45.8. The van der Waals surface area contributed by atoms with Gasteiger partial charge in [-0.1, -0.05) is 44.2 Å². The van der Waals surface area contributed by atoms with Crippen LogP contribution in [0, 0.1) is 5.92 Å². The third-order valence-corrected chi connectivity index (χ3v) is 10.4. The Bertz CT molecular complexity index is 1680. The number of benzene rings is 2. The molecule has 2 aromatic carbocycles. The van der Waals surface area contributed by atoms with Gasteiger partial charge in [0.05, 0.1) is 18.2 Å². The molecule has 59 heavy (non-hydrogen) atoms. The molecule has 18 heteroatoms. The molecular formula is C41H57N3O15. The zero-order chi connectivity index (χ0) is 42.8. The Labute approximate surface area is 342 Å². The molecule has 3 aliphatic rings. The first-order chi connectivity index (χ1) is 28.1. The highest BCUT2D eigenvalue weighted by Gasteiger charge is 2.51. The number of carbonyl (C=O) groups excluding carboxylic acids is 4. The Morgan fingerprint density at radius 2 is 1.59 bits per heavy atom. The van der Waals surface area contributed by atoms with Crippen molar-refractivity contribution in [3.63, 3.8) is 0 Å². The Morgan fingerprint density at radius 3 is 2.27 bits per heavy atom. The van der Waals surface area contributed by atoms with Gasteiger partial charge in [-0.25, -0.2) is 4.79 Å². The minimum absolute atomic E-state index is 0.0701. The molecule has 0 aromatic heterocycles. The number of hydrogen-bond acceptors (Lipinski definition) is 16. The Hall–Kier alpha value is -4.24. The maximum Gasteiger partial charge on any atom is 0.338 e. The number of carbonyl (C=O) groups is 4. The van der Waals surface area contributed by atoms with Crippen molar-refractivity contribution in [3.05, 3.63) is 65.7 Å². The van der Waals surface area contributed by atoms with E-state index in [4.69, 9.17) is 28.4 Å². The molecular weight excluding hydrogens is 774 g/mol. The molecule has 3 heterocycles. The number of ether oxygens (including phenoxy) is 6. The molecule has 0 bridgehead atoms. The van der Waals surface area contributed by atoms with Crippen LogP contribution in [0.2, 0.25) is 0 Å². The summed E-state index contributed by atoms with van der Waals surface area (Å²) >= 11 is 0. The predicted octanol–water partition coefficient (Wildman–Crippen LogP) is -0.0711. The fraction of sp³-hybridized carbons (Fsp3) is 0.610. The Morgan fingerprint density at radius 1 is 0.881 bits per heavy atom. The first-order valence-electron chi connectivity index (χ1n) is 19.9. The second-order valence-electron chi connectivity index (χ2n) is 15.3. The van der Waals surface area contributed by atoms with Gasteiger partial charge in [-0.2, -0.15) is 0 Å². The van der Waals surface area contributed by atoms with Gasteiger partial charge in [-0.3, -0.25) is 14.4 Å². The fourth-order valence-corrected chi connectivity index (χ4v) is 7.10. The van der Waals surface area contributed by atoms with Crippen LogP contribution in [0.1, 0.15) is 68.9 Å². The van der Waals surface area contributed by atoms with E-state index in [9.17, 15) is 44.7 Å². The number of rotatable bonds is 10. The smallest absolute Gasteiger partial charge is 0.338 e. The molecule has 3 fully saturated rings. The van der Waals surface area contributed by atoms with Gasteiger partial charge in [-0.05, 0) is 56.1 Å². The summed E-state index contributed by atoms with van der Waals surface area (Å²) in [5.74, 6) is -1.47. The number of hydrogen-bond donors (Lipinski definition) is 7. The quantitative estimate of drug-likeness (QED) is 0.155. The van der Waals surface area contributed by atoms with Crippen LogP contribution in [0.3, 0.4) is 0 Å². The van der Waals surface area contributed by atoms with Crippen LogP contribution in [0.4, 0.5) is 0 Å². The van der Waals surface area contributed by atoms with Crippen molar-refractivity contribution < 1.29 is 73.1 Å². The molecule has 0 radical (unpaired) electrons. The van der Waals surface area contributed by atoms with Gasteiger partial charge >= 0.3 is 11.9 Å². The van der Waals surface area contributed by atoms with E-state index in [0.717, 1.165) is 5.56 Å². The minimum atomic E-state index is -1.83. The fourth-order valence-electron chi connectivity index (χ4n) is 7.10. The van der Waals surface area contributed by atoms with Gasteiger partial charge < -0.3 is 69.5 Å². The standard InChI is InChI=1S/C41H57N3O15/c1-22(2)38(52)44-18-8-16-43-31(46)19-29(42-17-15-28(20-44)56-24(4)45)25-11-13-27(14-12-25)57-41-37(35(50)32(47)23(3)55-41)59-40-36(51)34(49)33(48)30(58-40)21-54-39(53)26-9-6-5-7-10-26/h5-7,9-14,22-23,28-30,32-37,40-42,47-51H,8,15-21H2,1-4H3,(H,43,46)/t23-,28?,29-,30+,32-,33+,34-,35+,36+,37+,40-,41-/m0/s1. The number of esters is 2. The van der Waals surface area contributed by atoms with Crippen LogP contribution in [-0.4, -0.2) is 154 Å².